The van der Waals surface area contributed by atoms with Crippen molar-refractivity contribution in [3.05, 3.63) is 42.6 Å². The highest BCUT2D eigenvalue weighted by Gasteiger charge is 2.03. The molecule has 5 heteroatoms. The van der Waals surface area contributed by atoms with Gasteiger partial charge in [0.15, 0.2) is 0 Å². The molecule has 0 aromatic carbocycles. The maximum absolute atomic E-state index is 11.4. The molecule has 0 saturated heterocycles. The van der Waals surface area contributed by atoms with E-state index in [2.05, 4.69) is 10.4 Å². The molecule has 78 valence electrons. The molecule has 1 amide bonds. The molecule has 0 radical (unpaired) electrons. The number of nitrogens with zero attached hydrogens (tertiary/aromatic N) is 2. The van der Waals surface area contributed by atoms with Gasteiger partial charge in [-0.3, -0.25) is 9.48 Å². The van der Waals surface area contributed by atoms with E-state index in [4.69, 9.17) is 4.42 Å². The second kappa shape index (κ2) is 4.45. The highest BCUT2D eigenvalue weighted by molar-refractivity contribution is 5.75. The van der Waals surface area contributed by atoms with Gasteiger partial charge in [-0.2, -0.15) is 5.10 Å². The van der Waals surface area contributed by atoms with E-state index in [-0.39, 0.29) is 12.5 Å². The Kier molecular flexibility index (Phi) is 2.82. The van der Waals surface area contributed by atoms with Gasteiger partial charge in [-0.1, -0.05) is 0 Å². The van der Waals surface area contributed by atoms with Crippen LogP contribution in [0, 0.1) is 0 Å². The van der Waals surface area contributed by atoms with E-state index in [1.165, 1.54) is 0 Å². The number of carbonyl (C=O) groups excluding carboxylic acids is 1. The number of hydrogen-bond acceptors (Lipinski definition) is 3. The van der Waals surface area contributed by atoms with Gasteiger partial charge in [-0.25, -0.2) is 0 Å². The summed E-state index contributed by atoms with van der Waals surface area (Å²) in [6, 6.07) is 5.38. The van der Waals surface area contributed by atoms with E-state index in [0.29, 0.717) is 6.54 Å². The molecule has 0 aliphatic heterocycles. The van der Waals surface area contributed by atoms with Gasteiger partial charge in [0, 0.05) is 12.4 Å². The fourth-order valence-electron chi connectivity index (χ4n) is 1.20. The molecule has 15 heavy (non-hydrogen) atoms. The van der Waals surface area contributed by atoms with E-state index < -0.39 is 0 Å². The van der Waals surface area contributed by atoms with Crippen LogP contribution in [0.5, 0.6) is 0 Å². The number of amides is 1. The van der Waals surface area contributed by atoms with E-state index >= 15 is 0 Å². The zero-order chi connectivity index (χ0) is 10.5. The van der Waals surface area contributed by atoms with Crippen molar-refractivity contribution in [3.63, 3.8) is 0 Å². The zero-order valence-corrected chi connectivity index (χ0v) is 8.09. The van der Waals surface area contributed by atoms with Crippen LogP contribution in [0.2, 0.25) is 0 Å². The van der Waals surface area contributed by atoms with Crippen molar-refractivity contribution in [1.82, 2.24) is 15.1 Å². The van der Waals surface area contributed by atoms with Crippen LogP contribution in [0.3, 0.4) is 0 Å². The Hall–Kier alpha value is -2.04. The second-order valence-corrected chi connectivity index (χ2v) is 3.06. The average Bonchev–Trinajstić information content (AvgIpc) is 2.86. The maximum atomic E-state index is 11.4. The molecule has 5 nitrogen and oxygen atoms in total. The van der Waals surface area contributed by atoms with Gasteiger partial charge in [0.25, 0.3) is 0 Å². The molecule has 0 aliphatic rings. The summed E-state index contributed by atoms with van der Waals surface area (Å²) in [5.41, 5.74) is 0. The largest absolute Gasteiger partial charge is 0.467 e. The Bertz CT molecular complexity index is 406. The highest BCUT2D eigenvalue weighted by atomic mass is 16.3. The molecule has 2 rings (SSSR count). The average molecular weight is 205 g/mol. The normalized spacial score (nSPS) is 10.1. The van der Waals surface area contributed by atoms with Crippen LogP contribution in [-0.4, -0.2) is 15.7 Å². The molecule has 2 aromatic rings. The quantitative estimate of drug-likeness (QED) is 0.802. The fraction of sp³-hybridized carbons (Fsp3) is 0.200. The lowest BCUT2D eigenvalue weighted by Gasteiger charge is -2.02. The van der Waals surface area contributed by atoms with Crippen molar-refractivity contribution in [1.29, 1.82) is 0 Å². The molecule has 0 spiro atoms. The summed E-state index contributed by atoms with van der Waals surface area (Å²) < 4.78 is 6.65. The monoisotopic (exact) mass is 205 g/mol. The Morgan fingerprint density at radius 1 is 1.53 bits per heavy atom. The summed E-state index contributed by atoms with van der Waals surface area (Å²) in [6.45, 7) is 0.640. The maximum Gasteiger partial charge on any atom is 0.242 e. The van der Waals surface area contributed by atoms with Crippen LogP contribution >= 0.6 is 0 Å². The fourth-order valence-corrected chi connectivity index (χ4v) is 1.20. The van der Waals surface area contributed by atoms with Crippen molar-refractivity contribution in [2.24, 2.45) is 0 Å². The minimum Gasteiger partial charge on any atom is -0.467 e. The van der Waals surface area contributed by atoms with Gasteiger partial charge in [0.05, 0.1) is 12.8 Å². The van der Waals surface area contributed by atoms with Crippen molar-refractivity contribution in [2.45, 2.75) is 13.1 Å². The first-order chi connectivity index (χ1) is 7.34. The van der Waals surface area contributed by atoms with Crippen LogP contribution in [0.25, 0.3) is 0 Å². The zero-order valence-electron chi connectivity index (χ0n) is 8.09. The lowest BCUT2D eigenvalue weighted by molar-refractivity contribution is -0.122. The number of aromatic nitrogens is 2. The van der Waals surface area contributed by atoms with Gasteiger partial charge in [-0.15, -0.1) is 0 Å². The Labute approximate surface area is 86.7 Å². The minimum atomic E-state index is -0.0879. The Morgan fingerprint density at radius 2 is 2.47 bits per heavy atom. The molecule has 2 aromatic heterocycles. The Morgan fingerprint density at radius 3 is 3.13 bits per heavy atom. The van der Waals surface area contributed by atoms with Gasteiger partial charge in [-0.05, 0) is 18.2 Å². The SMILES string of the molecule is O=C(Cn1cccn1)NCc1ccco1. The van der Waals surface area contributed by atoms with Gasteiger partial charge < -0.3 is 9.73 Å². The lowest BCUT2D eigenvalue weighted by Crippen LogP contribution is -2.27. The molecule has 0 saturated carbocycles. The molecule has 0 unspecified atom stereocenters. The number of rotatable bonds is 4. The first kappa shape index (κ1) is 9.51. The van der Waals surface area contributed by atoms with Gasteiger partial charge in [0.2, 0.25) is 5.91 Å². The van der Waals surface area contributed by atoms with Crippen LogP contribution in [0.1, 0.15) is 5.76 Å². The predicted molar refractivity (Wildman–Crippen MR) is 52.8 cm³/mol. The summed E-state index contributed by atoms with van der Waals surface area (Å²) in [4.78, 5) is 11.4. The third-order valence-electron chi connectivity index (χ3n) is 1.90. The summed E-state index contributed by atoms with van der Waals surface area (Å²) >= 11 is 0. The van der Waals surface area contributed by atoms with Crippen LogP contribution in [0.4, 0.5) is 0 Å². The van der Waals surface area contributed by atoms with Crippen LogP contribution in [0.15, 0.2) is 41.3 Å². The van der Waals surface area contributed by atoms with Crippen molar-refractivity contribution < 1.29 is 9.21 Å². The lowest BCUT2D eigenvalue weighted by atomic mass is 10.4. The van der Waals surface area contributed by atoms with Crippen LogP contribution < -0.4 is 5.32 Å². The molecule has 2 heterocycles. The minimum absolute atomic E-state index is 0.0879. The van der Waals surface area contributed by atoms with E-state index in [1.807, 2.05) is 6.07 Å². The number of nitrogens with one attached hydrogen (secondary N) is 1. The molecule has 0 fully saturated rings. The predicted octanol–water partition coefficient (Wildman–Crippen LogP) is 0.792. The number of furan rings is 1. The third-order valence-corrected chi connectivity index (χ3v) is 1.90. The highest BCUT2D eigenvalue weighted by Crippen LogP contribution is 1.98. The van der Waals surface area contributed by atoms with E-state index in [9.17, 15) is 4.79 Å². The first-order valence-electron chi connectivity index (χ1n) is 4.61. The second-order valence-electron chi connectivity index (χ2n) is 3.06. The molecular weight excluding hydrogens is 194 g/mol. The van der Waals surface area contributed by atoms with Crippen molar-refractivity contribution in [3.8, 4) is 0 Å². The first-order valence-corrected chi connectivity index (χ1v) is 4.61. The summed E-state index contributed by atoms with van der Waals surface area (Å²) in [5.74, 6) is 0.652. The molecular formula is C10H11N3O2. The number of hydrogen-bond donors (Lipinski definition) is 1. The summed E-state index contributed by atoms with van der Waals surface area (Å²) in [7, 11) is 0. The third kappa shape index (κ3) is 2.70. The van der Waals surface area contributed by atoms with Crippen LogP contribution in [-0.2, 0) is 17.9 Å². The topological polar surface area (TPSA) is 60.1 Å². The standard InChI is InChI=1S/C10H11N3O2/c14-10(8-13-5-2-4-12-13)11-7-9-3-1-6-15-9/h1-6H,7-8H2,(H,11,14). The molecule has 0 bridgehead atoms. The summed E-state index contributed by atoms with van der Waals surface area (Å²) in [5, 5.41) is 6.66. The molecule has 0 atom stereocenters. The van der Waals surface area contributed by atoms with Crippen molar-refractivity contribution >= 4 is 5.91 Å². The molecule has 1 N–H and O–H groups in total. The van der Waals surface area contributed by atoms with Gasteiger partial charge in [0.1, 0.15) is 12.3 Å². The Balaban J connectivity index is 1.78. The smallest absolute Gasteiger partial charge is 0.242 e. The molecule has 0 aliphatic carbocycles. The number of carbonyl (C=O) groups is 1. The van der Waals surface area contributed by atoms with Gasteiger partial charge >= 0.3 is 0 Å². The van der Waals surface area contributed by atoms with Crippen molar-refractivity contribution in [2.75, 3.05) is 0 Å². The summed E-state index contributed by atoms with van der Waals surface area (Å²) in [6.07, 6.45) is 4.96. The van der Waals surface area contributed by atoms with E-state index in [1.54, 1.807) is 35.5 Å². The van der Waals surface area contributed by atoms with E-state index in [0.717, 1.165) is 5.76 Å².